The number of rotatable bonds is 4. The fourth-order valence-electron chi connectivity index (χ4n) is 1.80. The quantitative estimate of drug-likeness (QED) is 0.680. The van der Waals surface area contributed by atoms with Gasteiger partial charge in [0.1, 0.15) is 22.5 Å². The van der Waals surface area contributed by atoms with Crippen LogP contribution in [0.5, 0.6) is 5.75 Å². The van der Waals surface area contributed by atoms with E-state index in [2.05, 4.69) is 15.9 Å². The van der Waals surface area contributed by atoms with E-state index in [9.17, 15) is 15.2 Å². The van der Waals surface area contributed by atoms with Crippen LogP contribution in [0.25, 0.3) is 0 Å². The summed E-state index contributed by atoms with van der Waals surface area (Å²) in [4.78, 5) is 9.94. The van der Waals surface area contributed by atoms with Crippen molar-refractivity contribution in [2.45, 2.75) is 13.0 Å². The molecule has 0 fully saturated rings. The highest BCUT2D eigenvalue weighted by atomic mass is 79.9. The number of furan rings is 1. The minimum atomic E-state index is -1.14. The van der Waals surface area contributed by atoms with Gasteiger partial charge >= 0.3 is 5.88 Å². The average Bonchev–Trinajstić information content (AvgIpc) is 2.90. The molecule has 0 aliphatic carbocycles. The Kier molecular flexibility index (Phi) is 4.10. The molecule has 0 radical (unpaired) electrons. The molecule has 1 heterocycles. The fraction of sp³-hybridized carbons (Fsp3) is 0.231. The van der Waals surface area contributed by atoms with E-state index in [1.54, 1.807) is 12.1 Å². The summed E-state index contributed by atoms with van der Waals surface area (Å²) in [6.07, 6.45) is -1.14. The Morgan fingerprint density at radius 2 is 2.15 bits per heavy atom. The zero-order valence-corrected chi connectivity index (χ0v) is 12.4. The number of hydrogen-bond donors (Lipinski definition) is 1. The molecule has 0 spiro atoms. The Morgan fingerprint density at radius 1 is 1.45 bits per heavy atom. The number of ether oxygens (including phenoxy) is 1. The normalized spacial score (nSPS) is 12.2. The third kappa shape index (κ3) is 2.68. The van der Waals surface area contributed by atoms with Crippen molar-refractivity contribution in [2.24, 2.45) is 0 Å². The lowest BCUT2D eigenvalue weighted by Crippen LogP contribution is -2.02. The Balaban J connectivity index is 2.43. The minimum absolute atomic E-state index is 0.0887. The number of aliphatic hydroxyl groups excluding tert-OH is 1. The molecule has 106 valence electrons. The van der Waals surface area contributed by atoms with Gasteiger partial charge in [0.2, 0.25) is 0 Å². The molecule has 1 aromatic heterocycles. The minimum Gasteiger partial charge on any atom is -0.496 e. The number of halogens is 1. The number of aryl methyl sites for hydroxylation is 1. The van der Waals surface area contributed by atoms with Crippen LogP contribution in [-0.4, -0.2) is 17.1 Å². The average molecular weight is 342 g/mol. The van der Waals surface area contributed by atoms with Crippen molar-refractivity contribution in [1.82, 2.24) is 0 Å². The van der Waals surface area contributed by atoms with Crippen molar-refractivity contribution >= 4 is 21.8 Å². The summed E-state index contributed by atoms with van der Waals surface area (Å²) in [6.45, 7) is 1.89. The summed E-state index contributed by atoms with van der Waals surface area (Å²) in [5.41, 5.74) is 1.41. The Labute approximate surface area is 123 Å². The molecule has 0 amide bonds. The summed E-state index contributed by atoms with van der Waals surface area (Å²) in [6, 6.07) is 6.04. The molecule has 1 aromatic carbocycles. The Hall–Kier alpha value is -1.86. The van der Waals surface area contributed by atoms with Gasteiger partial charge in [-0.15, -0.1) is 0 Å². The molecule has 2 aromatic rings. The standard InChI is InChI=1S/C13H12BrNO5/c1-7-5-11(19-2)8(6-9(7)14)13(16)10-3-4-12(20-10)15(17)18/h3-6,13,16H,1-2H3. The number of hydrogen-bond acceptors (Lipinski definition) is 5. The molecular formula is C13H12BrNO5. The summed E-state index contributed by atoms with van der Waals surface area (Å²) in [5.74, 6) is 0.159. The first kappa shape index (κ1) is 14.5. The first-order chi connectivity index (χ1) is 9.43. The third-order valence-electron chi connectivity index (χ3n) is 2.87. The van der Waals surface area contributed by atoms with Gasteiger partial charge in [-0.05, 0) is 30.7 Å². The van der Waals surface area contributed by atoms with E-state index in [1.807, 2.05) is 6.92 Å². The number of nitrogens with zero attached hydrogens (tertiary/aromatic N) is 1. The second kappa shape index (κ2) is 5.64. The van der Waals surface area contributed by atoms with E-state index < -0.39 is 16.9 Å². The molecule has 1 N–H and O–H groups in total. The van der Waals surface area contributed by atoms with Crippen molar-refractivity contribution in [3.05, 3.63) is 55.7 Å². The number of methoxy groups -OCH3 is 1. The van der Waals surface area contributed by atoms with Crippen molar-refractivity contribution in [1.29, 1.82) is 0 Å². The Morgan fingerprint density at radius 3 is 2.70 bits per heavy atom. The van der Waals surface area contributed by atoms with Gasteiger partial charge in [-0.3, -0.25) is 10.1 Å². The zero-order valence-electron chi connectivity index (χ0n) is 10.8. The molecule has 20 heavy (non-hydrogen) atoms. The largest absolute Gasteiger partial charge is 0.496 e. The van der Waals surface area contributed by atoms with Gasteiger partial charge < -0.3 is 14.3 Å². The SMILES string of the molecule is COc1cc(C)c(Br)cc1C(O)c1ccc([N+](=O)[O-])o1. The molecule has 6 nitrogen and oxygen atoms in total. The van der Waals surface area contributed by atoms with E-state index in [4.69, 9.17) is 9.15 Å². The highest BCUT2D eigenvalue weighted by molar-refractivity contribution is 9.10. The lowest BCUT2D eigenvalue weighted by Gasteiger charge is -2.14. The summed E-state index contributed by atoms with van der Waals surface area (Å²) in [7, 11) is 1.49. The predicted octanol–water partition coefficient (Wildman–Crippen LogP) is 3.35. The summed E-state index contributed by atoms with van der Waals surface area (Å²) in [5, 5.41) is 20.9. The lowest BCUT2D eigenvalue weighted by atomic mass is 10.0. The van der Waals surface area contributed by atoms with E-state index in [1.165, 1.54) is 19.2 Å². The van der Waals surface area contributed by atoms with Crippen molar-refractivity contribution in [2.75, 3.05) is 7.11 Å². The van der Waals surface area contributed by atoms with Crippen molar-refractivity contribution < 1.29 is 19.2 Å². The van der Waals surface area contributed by atoms with Crippen LogP contribution < -0.4 is 4.74 Å². The summed E-state index contributed by atoms with van der Waals surface area (Å²) < 4.78 is 11.0. The van der Waals surface area contributed by atoms with Crippen LogP contribution in [0.15, 0.2) is 33.2 Å². The van der Waals surface area contributed by atoms with Crippen LogP contribution in [0.3, 0.4) is 0 Å². The van der Waals surface area contributed by atoms with Gasteiger partial charge in [0.15, 0.2) is 0 Å². The van der Waals surface area contributed by atoms with E-state index in [0.717, 1.165) is 10.0 Å². The van der Waals surface area contributed by atoms with Gasteiger partial charge in [0.25, 0.3) is 0 Å². The molecule has 0 saturated carbocycles. The van der Waals surface area contributed by atoms with Crippen LogP contribution in [0.1, 0.15) is 23.0 Å². The Bertz CT molecular complexity index is 652. The van der Waals surface area contributed by atoms with Gasteiger partial charge in [-0.25, -0.2) is 0 Å². The first-order valence-electron chi connectivity index (χ1n) is 5.70. The zero-order chi connectivity index (χ0) is 14.9. The molecule has 2 rings (SSSR count). The monoisotopic (exact) mass is 341 g/mol. The number of aliphatic hydroxyl groups is 1. The highest BCUT2D eigenvalue weighted by Crippen LogP contribution is 2.35. The number of nitro groups is 1. The molecule has 7 heteroatoms. The molecule has 1 unspecified atom stereocenters. The van der Waals surface area contributed by atoms with Crippen molar-refractivity contribution in [3.8, 4) is 5.75 Å². The van der Waals surface area contributed by atoms with Gasteiger partial charge in [-0.2, -0.15) is 0 Å². The maximum atomic E-state index is 10.6. The van der Waals surface area contributed by atoms with Gasteiger partial charge in [0, 0.05) is 10.0 Å². The third-order valence-corrected chi connectivity index (χ3v) is 3.72. The number of benzene rings is 1. The molecule has 0 bridgehead atoms. The second-order valence-corrected chi connectivity index (χ2v) is 5.03. The maximum Gasteiger partial charge on any atom is 0.433 e. The fourth-order valence-corrected chi connectivity index (χ4v) is 2.16. The van der Waals surface area contributed by atoms with Crippen LogP contribution in [-0.2, 0) is 0 Å². The van der Waals surface area contributed by atoms with Gasteiger partial charge in [0.05, 0.1) is 13.2 Å². The smallest absolute Gasteiger partial charge is 0.433 e. The van der Waals surface area contributed by atoms with E-state index in [0.29, 0.717) is 11.3 Å². The van der Waals surface area contributed by atoms with Crippen LogP contribution >= 0.6 is 15.9 Å². The predicted molar refractivity (Wildman–Crippen MR) is 74.9 cm³/mol. The molecule has 0 aliphatic heterocycles. The van der Waals surface area contributed by atoms with E-state index in [-0.39, 0.29) is 5.76 Å². The van der Waals surface area contributed by atoms with Crippen LogP contribution in [0.4, 0.5) is 5.88 Å². The van der Waals surface area contributed by atoms with Crippen molar-refractivity contribution in [3.63, 3.8) is 0 Å². The molecule has 1 atom stereocenters. The van der Waals surface area contributed by atoms with Crippen LogP contribution in [0, 0.1) is 17.0 Å². The molecule has 0 saturated heterocycles. The van der Waals surface area contributed by atoms with Crippen LogP contribution in [0.2, 0.25) is 0 Å². The lowest BCUT2D eigenvalue weighted by molar-refractivity contribution is -0.402. The van der Waals surface area contributed by atoms with E-state index >= 15 is 0 Å². The molecular weight excluding hydrogens is 330 g/mol. The molecule has 0 aliphatic rings. The topological polar surface area (TPSA) is 85.7 Å². The maximum absolute atomic E-state index is 10.6. The first-order valence-corrected chi connectivity index (χ1v) is 6.49. The highest BCUT2D eigenvalue weighted by Gasteiger charge is 2.22. The van der Waals surface area contributed by atoms with Gasteiger partial charge in [-0.1, -0.05) is 15.9 Å². The summed E-state index contributed by atoms with van der Waals surface area (Å²) >= 11 is 3.37. The second-order valence-electron chi connectivity index (χ2n) is 4.18.